The monoisotopic (exact) mass is 292 g/mol. The lowest BCUT2D eigenvalue weighted by atomic mass is 9.87. The third-order valence-electron chi connectivity index (χ3n) is 3.06. The van der Waals surface area contributed by atoms with Crippen LogP contribution in [-0.2, 0) is 15.0 Å². The van der Waals surface area contributed by atoms with Crippen molar-refractivity contribution in [2.75, 3.05) is 11.9 Å². The number of hydrogen-bond donors (Lipinski definition) is 3. The maximum Gasteiger partial charge on any atom is 0.313 e. The van der Waals surface area contributed by atoms with Crippen molar-refractivity contribution in [2.45, 2.75) is 45.6 Å². The summed E-state index contributed by atoms with van der Waals surface area (Å²) in [6.07, 6.45) is 0. The highest BCUT2D eigenvalue weighted by Gasteiger charge is 2.23. The summed E-state index contributed by atoms with van der Waals surface area (Å²) in [5.74, 6) is -1.52. The Labute approximate surface area is 125 Å². The van der Waals surface area contributed by atoms with E-state index in [9.17, 15) is 9.59 Å². The van der Waals surface area contributed by atoms with Crippen LogP contribution in [0.1, 0.15) is 40.2 Å². The molecule has 1 aromatic carbocycles. The molecular formula is C16H24N2O3. The van der Waals surface area contributed by atoms with E-state index in [1.807, 2.05) is 12.1 Å². The number of nitrogens with one attached hydrogen (secondary N) is 2. The van der Waals surface area contributed by atoms with Gasteiger partial charge >= 0.3 is 11.8 Å². The topological polar surface area (TPSA) is 78.4 Å². The van der Waals surface area contributed by atoms with Gasteiger partial charge in [-0.3, -0.25) is 9.59 Å². The van der Waals surface area contributed by atoms with Crippen molar-refractivity contribution in [1.82, 2.24) is 5.32 Å². The maximum absolute atomic E-state index is 11.8. The van der Waals surface area contributed by atoms with Gasteiger partial charge in [0.15, 0.2) is 0 Å². The lowest BCUT2D eigenvalue weighted by Gasteiger charge is -2.23. The largest absolute Gasteiger partial charge is 0.394 e. The molecule has 1 aromatic rings. The first-order valence-electron chi connectivity index (χ1n) is 6.90. The number of rotatable bonds is 3. The molecule has 0 saturated carbocycles. The lowest BCUT2D eigenvalue weighted by molar-refractivity contribution is -0.137. The highest BCUT2D eigenvalue weighted by Crippen LogP contribution is 2.23. The predicted octanol–water partition coefficient (Wildman–Crippen LogP) is 1.81. The van der Waals surface area contributed by atoms with Crippen LogP contribution in [0.4, 0.5) is 5.69 Å². The van der Waals surface area contributed by atoms with Gasteiger partial charge in [-0.05, 0) is 37.0 Å². The van der Waals surface area contributed by atoms with Gasteiger partial charge in [0, 0.05) is 5.69 Å². The Hall–Kier alpha value is -1.88. The molecule has 116 valence electrons. The average Bonchev–Trinajstić information content (AvgIpc) is 2.37. The average molecular weight is 292 g/mol. The summed E-state index contributed by atoms with van der Waals surface area (Å²) in [6, 6.07) is 7.38. The van der Waals surface area contributed by atoms with Crippen molar-refractivity contribution >= 4 is 17.5 Å². The van der Waals surface area contributed by atoms with Crippen LogP contribution in [0.25, 0.3) is 0 Å². The van der Waals surface area contributed by atoms with Crippen LogP contribution < -0.4 is 10.6 Å². The molecule has 0 unspecified atom stereocenters. The van der Waals surface area contributed by atoms with E-state index in [1.54, 1.807) is 26.0 Å². The van der Waals surface area contributed by atoms with Gasteiger partial charge < -0.3 is 15.7 Å². The highest BCUT2D eigenvalue weighted by atomic mass is 16.3. The van der Waals surface area contributed by atoms with Gasteiger partial charge in [-0.2, -0.15) is 0 Å². The second kappa shape index (κ2) is 6.26. The summed E-state index contributed by atoms with van der Waals surface area (Å²) in [4.78, 5) is 23.5. The van der Waals surface area contributed by atoms with Crippen LogP contribution in [0.2, 0.25) is 0 Å². The molecule has 2 amide bonds. The van der Waals surface area contributed by atoms with Crippen molar-refractivity contribution in [3.8, 4) is 0 Å². The fraction of sp³-hybridized carbons (Fsp3) is 0.500. The van der Waals surface area contributed by atoms with Crippen molar-refractivity contribution < 1.29 is 14.7 Å². The Kier molecular flexibility index (Phi) is 5.12. The van der Waals surface area contributed by atoms with Gasteiger partial charge in [0.05, 0.1) is 12.1 Å². The minimum Gasteiger partial charge on any atom is -0.394 e. The second-order valence-corrected chi connectivity index (χ2v) is 6.78. The summed E-state index contributed by atoms with van der Waals surface area (Å²) in [7, 11) is 0. The Morgan fingerprint density at radius 1 is 1.00 bits per heavy atom. The molecule has 0 aliphatic carbocycles. The molecular weight excluding hydrogens is 268 g/mol. The van der Waals surface area contributed by atoms with Crippen LogP contribution in [-0.4, -0.2) is 29.1 Å². The first kappa shape index (κ1) is 17.2. The number of amides is 2. The molecule has 0 aliphatic heterocycles. The van der Waals surface area contributed by atoms with E-state index in [1.165, 1.54) is 0 Å². The number of anilines is 1. The fourth-order valence-corrected chi connectivity index (χ4v) is 1.65. The minimum absolute atomic E-state index is 0.0328. The Balaban J connectivity index is 2.69. The maximum atomic E-state index is 11.8. The van der Waals surface area contributed by atoms with Gasteiger partial charge in [0.25, 0.3) is 0 Å². The molecule has 0 spiro atoms. The molecule has 0 aliphatic rings. The summed E-state index contributed by atoms with van der Waals surface area (Å²) in [5.41, 5.74) is 0.909. The van der Waals surface area contributed by atoms with Gasteiger partial charge in [0.2, 0.25) is 0 Å². The molecule has 0 heterocycles. The van der Waals surface area contributed by atoms with Crippen molar-refractivity contribution in [2.24, 2.45) is 0 Å². The van der Waals surface area contributed by atoms with Gasteiger partial charge in [-0.1, -0.05) is 32.9 Å². The molecule has 0 saturated heterocycles. The van der Waals surface area contributed by atoms with Crippen molar-refractivity contribution in [3.63, 3.8) is 0 Å². The van der Waals surface area contributed by atoms with Gasteiger partial charge in [-0.15, -0.1) is 0 Å². The number of aliphatic hydroxyl groups excluding tert-OH is 1. The fourth-order valence-electron chi connectivity index (χ4n) is 1.65. The van der Waals surface area contributed by atoms with E-state index < -0.39 is 17.4 Å². The van der Waals surface area contributed by atoms with Crippen molar-refractivity contribution in [3.05, 3.63) is 29.8 Å². The predicted molar refractivity (Wildman–Crippen MR) is 83.1 cm³/mol. The normalized spacial score (nSPS) is 11.9. The second-order valence-electron chi connectivity index (χ2n) is 6.78. The van der Waals surface area contributed by atoms with E-state index in [0.717, 1.165) is 5.56 Å². The Bertz CT molecular complexity index is 513. The van der Waals surface area contributed by atoms with E-state index in [0.29, 0.717) is 5.69 Å². The van der Waals surface area contributed by atoms with Crippen LogP contribution >= 0.6 is 0 Å². The van der Waals surface area contributed by atoms with E-state index >= 15 is 0 Å². The summed E-state index contributed by atoms with van der Waals surface area (Å²) in [5, 5.41) is 14.1. The molecule has 21 heavy (non-hydrogen) atoms. The van der Waals surface area contributed by atoms with Crippen LogP contribution in [0.3, 0.4) is 0 Å². The van der Waals surface area contributed by atoms with Crippen LogP contribution in [0.15, 0.2) is 24.3 Å². The third kappa shape index (κ3) is 5.19. The van der Waals surface area contributed by atoms with Gasteiger partial charge in [0.1, 0.15) is 0 Å². The minimum atomic E-state index is -0.829. The zero-order valence-electron chi connectivity index (χ0n) is 13.3. The van der Waals surface area contributed by atoms with Crippen LogP contribution in [0, 0.1) is 0 Å². The van der Waals surface area contributed by atoms with E-state index in [2.05, 4.69) is 31.4 Å². The molecule has 0 bridgehead atoms. The molecule has 0 atom stereocenters. The third-order valence-corrected chi connectivity index (χ3v) is 3.06. The highest BCUT2D eigenvalue weighted by molar-refractivity contribution is 6.39. The zero-order chi connectivity index (χ0) is 16.3. The molecule has 0 fully saturated rings. The van der Waals surface area contributed by atoms with E-state index in [4.69, 9.17) is 5.11 Å². The zero-order valence-corrected chi connectivity index (χ0v) is 13.3. The Morgan fingerprint density at radius 2 is 1.52 bits per heavy atom. The number of hydrogen-bond acceptors (Lipinski definition) is 3. The molecule has 5 heteroatoms. The molecule has 3 N–H and O–H groups in total. The smallest absolute Gasteiger partial charge is 0.313 e. The Morgan fingerprint density at radius 3 is 1.95 bits per heavy atom. The number of carbonyl (C=O) groups excluding carboxylic acids is 2. The first-order valence-corrected chi connectivity index (χ1v) is 6.90. The number of aliphatic hydroxyl groups is 1. The lowest BCUT2D eigenvalue weighted by Crippen LogP contribution is -2.50. The standard InChI is InChI=1S/C16H24N2O3/c1-15(2,3)11-6-8-12(9-7-11)17-13(20)14(21)18-16(4,5)10-19/h6-9,19H,10H2,1-5H3,(H,17,20)(H,18,21). The quantitative estimate of drug-likeness (QED) is 0.743. The van der Waals surface area contributed by atoms with Crippen LogP contribution in [0.5, 0.6) is 0 Å². The van der Waals surface area contributed by atoms with E-state index in [-0.39, 0.29) is 12.0 Å². The van der Waals surface area contributed by atoms with Crippen molar-refractivity contribution in [1.29, 1.82) is 0 Å². The summed E-state index contributed by atoms with van der Waals surface area (Å²) in [6.45, 7) is 9.33. The number of benzene rings is 1. The first-order chi connectivity index (χ1) is 9.55. The molecule has 5 nitrogen and oxygen atoms in total. The molecule has 1 rings (SSSR count). The number of carbonyl (C=O) groups is 2. The summed E-state index contributed by atoms with van der Waals surface area (Å²) < 4.78 is 0. The SMILES string of the molecule is CC(C)(CO)NC(=O)C(=O)Nc1ccc(C(C)(C)C)cc1. The van der Waals surface area contributed by atoms with Gasteiger partial charge in [-0.25, -0.2) is 0 Å². The molecule has 0 aromatic heterocycles. The summed E-state index contributed by atoms with van der Waals surface area (Å²) >= 11 is 0. The molecule has 0 radical (unpaired) electrons.